The summed E-state index contributed by atoms with van der Waals surface area (Å²) in [4.78, 5) is 12.7. The largest absolute Gasteiger partial charge is 0.497 e. The Balaban J connectivity index is 1.47. The summed E-state index contributed by atoms with van der Waals surface area (Å²) in [5, 5.41) is 2.80. The minimum atomic E-state index is -4.41. The molecular weight excluding hydrogens is 461 g/mol. The van der Waals surface area contributed by atoms with E-state index in [0.717, 1.165) is 0 Å². The Labute approximate surface area is 190 Å². The van der Waals surface area contributed by atoms with Crippen LogP contribution in [0, 0.1) is 5.92 Å². The fraction of sp³-hybridized carbons (Fsp3) is 0.409. The maximum Gasteiger partial charge on any atom is 0.422 e. The minimum absolute atomic E-state index is 0.0906. The summed E-state index contributed by atoms with van der Waals surface area (Å²) in [6.07, 6.45) is -3.62. The lowest BCUT2D eigenvalue weighted by Gasteiger charge is -2.30. The second-order valence-electron chi connectivity index (χ2n) is 7.62. The summed E-state index contributed by atoms with van der Waals surface area (Å²) in [5.74, 6) is 0.149. The van der Waals surface area contributed by atoms with Crippen molar-refractivity contribution < 1.29 is 35.9 Å². The molecule has 1 amide bonds. The van der Waals surface area contributed by atoms with Crippen molar-refractivity contribution >= 4 is 15.9 Å². The molecule has 1 aliphatic rings. The molecule has 180 valence electrons. The lowest BCUT2D eigenvalue weighted by Crippen LogP contribution is -2.42. The number of alkyl halides is 3. The Kier molecular flexibility index (Phi) is 7.85. The van der Waals surface area contributed by atoms with E-state index in [1.165, 1.54) is 35.7 Å². The molecule has 0 spiro atoms. The van der Waals surface area contributed by atoms with Crippen LogP contribution in [0.25, 0.3) is 0 Å². The van der Waals surface area contributed by atoms with Crippen molar-refractivity contribution in [1.29, 1.82) is 0 Å². The summed E-state index contributed by atoms with van der Waals surface area (Å²) in [6, 6.07) is 12.1. The van der Waals surface area contributed by atoms with E-state index in [1.807, 2.05) is 0 Å². The zero-order valence-electron chi connectivity index (χ0n) is 18.0. The summed E-state index contributed by atoms with van der Waals surface area (Å²) >= 11 is 0. The van der Waals surface area contributed by atoms with Gasteiger partial charge < -0.3 is 14.8 Å². The quantitative estimate of drug-likeness (QED) is 0.619. The molecule has 1 aliphatic heterocycles. The van der Waals surface area contributed by atoms with Crippen LogP contribution in [-0.4, -0.2) is 51.6 Å². The van der Waals surface area contributed by atoms with E-state index >= 15 is 0 Å². The molecule has 2 aromatic rings. The van der Waals surface area contributed by atoms with Crippen molar-refractivity contribution in [2.75, 3.05) is 26.8 Å². The van der Waals surface area contributed by atoms with Crippen molar-refractivity contribution in [3.05, 3.63) is 54.1 Å². The molecule has 1 N–H and O–H groups in total. The van der Waals surface area contributed by atoms with Crippen molar-refractivity contribution in [3.8, 4) is 11.5 Å². The lowest BCUT2D eigenvalue weighted by atomic mass is 9.97. The number of hydrogen-bond donors (Lipinski definition) is 1. The van der Waals surface area contributed by atoms with E-state index in [2.05, 4.69) is 10.1 Å². The summed E-state index contributed by atoms with van der Waals surface area (Å²) in [6.45, 7) is -0.686. The van der Waals surface area contributed by atoms with Crippen LogP contribution in [0.15, 0.2) is 53.4 Å². The third kappa shape index (κ3) is 6.84. The van der Waals surface area contributed by atoms with Crippen LogP contribution in [0.1, 0.15) is 18.4 Å². The monoisotopic (exact) mass is 486 g/mol. The zero-order chi connectivity index (χ0) is 24.1. The number of nitrogens with one attached hydrogen (secondary N) is 1. The summed E-state index contributed by atoms with van der Waals surface area (Å²) in [7, 11) is -2.14. The first-order chi connectivity index (χ1) is 15.6. The van der Waals surface area contributed by atoms with Gasteiger partial charge in [-0.25, -0.2) is 8.42 Å². The first kappa shape index (κ1) is 24.8. The van der Waals surface area contributed by atoms with Crippen LogP contribution in [0.2, 0.25) is 0 Å². The molecule has 33 heavy (non-hydrogen) atoms. The van der Waals surface area contributed by atoms with Gasteiger partial charge in [-0.15, -0.1) is 0 Å². The van der Waals surface area contributed by atoms with Crippen LogP contribution in [0.5, 0.6) is 11.5 Å². The van der Waals surface area contributed by atoms with Crippen molar-refractivity contribution in [3.63, 3.8) is 0 Å². The number of carbonyl (C=O) groups is 1. The second-order valence-corrected chi connectivity index (χ2v) is 9.56. The van der Waals surface area contributed by atoms with E-state index in [-0.39, 0.29) is 42.1 Å². The van der Waals surface area contributed by atoms with Gasteiger partial charge in [-0.05, 0) is 54.8 Å². The molecule has 1 heterocycles. The molecule has 2 aromatic carbocycles. The second kappa shape index (κ2) is 10.4. The van der Waals surface area contributed by atoms with Crippen LogP contribution in [0.3, 0.4) is 0 Å². The number of benzene rings is 2. The van der Waals surface area contributed by atoms with Gasteiger partial charge in [0.25, 0.3) is 0 Å². The number of rotatable bonds is 8. The Hall–Kier alpha value is -2.79. The Bertz CT molecular complexity index is 1030. The molecule has 0 unspecified atom stereocenters. The zero-order valence-corrected chi connectivity index (χ0v) is 18.8. The van der Waals surface area contributed by atoms with E-state index in [4.69, 9.17) is 4.74 Å². The molecule has 1 fully saturated rings. The van der Waals surface area contributed by atoms with Crippen LogP contribution < -0.4 is 14.8 Å². The summed E-state index contributed by atoms with van der Waals surface area (Å²) < 4.78 is 73.3. The topological polar surface area (TPSA) is 84.9 Å². The molecule has 0 aromatic heterocycles. The van der Waals surface area contributed by atoms with Crippen molar-refractivity contribution in [1.82, 2.24) is 9.62 Å². The van der Waals surface area contributed by atoms with E-state index < -0.39 is 22.8 Å². The highest BCUT2D eigenvalue weighted by atomic mass is 32.2. The standard InChI is InChI=1S/C22H25F3N2O5S/c1-31-18-6-8-20(9-7-18)33(29,30)27-12-10-17(11-13-27)21(28)26-14-16-2-4-19(5-3-16)32-15-22(23,24)25/h2-9,17H,10-15H2,1H3,(H,26,28). The average Bonchev–Trinajstić information content (AvgIpc) is 2.81. The third-order valence-corrected chi connectivity index (χ3v) is 7.23. The highest BCUT2D eigenvalue weighted by Gasteiger charge is 2.32. The molecule has 7 nitrogen and oxygen atoms in total. The number of sulfonamides is 1. The van der Waals surface area contributed by atoms with Crippen LogP contribution >= 0.6 is 0 Å². The predicted octanol–water partition coefficient (Wildman–Crippen LogP) is 3.35. The smallest absolute Gasteiger partial charge is 0.422 e. The van der Waals surface area contributed by atoms with Crippen molar-refractivity contribution in [2.45, 2.75) is 30.5 Å². The highest BCUT2D eigenvalue weighted by Crippen LogP contribution is 2.25. The molecule has 0 bridgehead atoms. The molecule has 0 atom stereocenters. The Morgan fingerprint density at radius 3 is 2.15 bits per heavy atom. The number of hydrogen-bond acceptors (Lipinski definition) is 5. The number of piperidine rings is 1. The molecule has 0 radical (unpaired) electrons. The highest BCUT2D eigenvalue weighted by molar-refractivity contribution is 7.89. The molecule has 0 saturated carbocycles. The van der Waals surface area contributed by atoms with Crippen molar-refractivity contribution in [2.24, 2.45) is 5.92 Å². The van der Waals surface area contributed by atoms with Gasteiger partial charge in [0.15, 0.2) is 6.61 Å². The lowest BCUT2D eigenvalue weighted by molar-refractivity contribution is -0.153. The van der Waals surface area contributed by atoms with Gasteiger partial charge in [-0.3, -0.25) is 4.79 Å². The SMILES string of the molecule is COc1ccc(S(=O)(=O)N2CCC(C(=O)NCc3ccc(OCC(F)(F)F)cc3)CC2)cc1. The molecular formula is C22H25F3N2O5S. The Morgan fingerprint density at radius 2 is 1.61 bits per heavy atom. The van der Waals surface area contributed by atoms with Gasteiger partial charge >= 0.3 is 6.18 Å². The van der Waals surface area contributed by atoms with Gasteiger partial charge in [-0.2, -0.15) is 17.5 Å². The number of nitrogens with zero attached hydrogens (tertiary/aromatic N) is 1. The number of halogens is 3. The number of ether oxygens (including phenoxy) is 2. The van der Waals surface area contributed by atoms with E-state index in [1.54, 1.807) is 24.3 Å². The minimum Gasteiger partial charge on any atom is -0.497 e. The number of amides is 1. The van der Waals surface area contributed by atoms with Gasteiger partial charge in [-0.1, -0.05) is 12.1 Å². The average molecular weight is 487 g/mol. The molecule has 1 saturated heterocycles. The van der Waals surface area contributed by atoms with Crippen LogP contribution in [0.4, 0.5) is 13.2 Å². The first-order valence-corrected chi connectivity index (χ1v) is 11.7. The number of methoxy groups -OCH3 is 1. The summed E-state index contributed by atoms with van der Waals surface area (Å²) in [5.41, 5.74) is 0.710. The van der Waals surface area contributed by atoms with E-state index in [9.17, 15) is 26.4 Å². The van der Waals surface area contributed by atoms with E-state index in [0.29, 0.717) is 24.2 Å². The van der Waals surface area contributed by atoms with Gasteiger partial charge in [0, 0.05) is 25.6 Å². The molecule has 0 aliphatic carbocycles. The number of carbonyl (C=O) groups excluding carboxylic acids is 1. The predicted molar refractivity (Wildman–Crippen MR) is 114 cm³/mol. The first-order valence-electron chi connectivity index (χ1n) is 10.3. The van der Waals surface area contributed by atoms with Crippen LogP contribution in [-0.2, 0) is 21.4 Å². The normalized spacial score (nSPS) is 15.8. The molecule has 3 rings (SSSR count). The van der Waals surface area contributed by atoms with Gasteiger partial charge in [0.05, 0.1) is 12.0 Å². The fourth-order valence-corrected chi connectivity index (χ4v) is 4.93. The maximum atomic E-state index is 12.8. The Morgan fingerprint density at radius 1 is 1.03 bits per heavy atom. The fourth-order valence-electron chi connectivity index (χ4n) is 3.46. The van der Waals surface area contributed by atoms with Gasteiger partial charge in [0.2, 0.25) is 15.9 Å². The maximum absolute atomic E-state index is 12.8. The molecule has 11 heteroatoms. The third-order valence-electron chi connectivity index (χ3n) is 5.31. The van der Waals surface area contributed by atoms with Gasteiger partial charge in [0.1, 0.15) is 11.5 Å².